The monoisotopic (exact) mass is 591 g/mol. The lowest BCUT2D eigenvalue weighted by molar-refractivity contribution is -0.134. The summed E-state index contributed by atoms with van der Waals surface area (Å²) >= 11 is 0. The topological polar surface area (TPSA) is 150 Å². The molecule has 1 aliphatic rings. The van der Waals surface area contributed by atoms with E-state index < -0.39 is 11.9 Å². The quantitative estimate of drug-likeness (QED) is 0.177. The average molecular weight is 592 g/mol. The van der Waals surface area contributed by atoms with Crippen LogP contribution >= 0.6 is 0 Å². The number of carbonyl (C=O) groups is 4. The van der Waals surface area contributed by atoms with Gasteiger partial charge in [-0.15, -0.1) is 0 Å². The number of ether oxygens (including phenoxy) is 1. The number of rotatable bonds is 10. The van der Waals surface area contributed by atoms with E-state index in [1.165, 1.54) is 12.1 Å². The predicted molar refractivity (Wildman–Crippen MR) is 160 cm³/mol. The Labute approximate surface area is 248 Å². The van der Waals surface area contributed by atoms with Crippen molar-refractivity contribution in [3.8, 4) is 5.75 Å². The molecule has 10 nitrogen and oxygen atoms in total. The van der Waals surface area contributed by atoms with E-state index in [4.69, 9.17) is 20.7 Å². The van der Waals surface area contributed by atoms with Crippen molar-refractivity contribution < 1.29 is 38.5 Å². The molecule has 3 aromatic carbocycles. The summed E-state index contributed by atoms with van der Waals surface area (Å²) in [5.41, 5.74) is 8.31. The number of amides is 1. The van der Waals surface area contributed by atoms with Crippen LogP contribution in [0.3, 0.4) is 0 Å². The van der Waals surface area contributed by atoms with Gasteiger partial charge in [0.1, 0.15) is 11.6 Å². The van der Waals surface area contributed by atoms with Gasteiger partial charge >= 0.3 is 11.9 Å². The molecule has 43 heavy (non-hydrogen) atoms. The predicted octanol–water partition coefficient (Wildman–Crippen LogP) is 4.37. The van der Waals surface area contributed by atoms with Crippen LogP contribution in [0.2, 0.25) is 0 Å². The standard InChI is InChI=1S/C28H30FN3O3.C4H4O4/c1-35-26-12-10-25(11-13-26)32(28(34)22-4-8-24(30)9-5-22)19-18-31-16-14-21(15-17-31)27(33)20-2-6-23(29)7-3-20;5-3(6)1-2-4(7)8/h2-13,21H,14-19,30H2,1H3;1-2H,(H,5,6)(H,7,8)/b;2-1+. The molecule has 11 heteroatoms. The number of carbonyl (C=O) groups excluding carboxylic acids is 2. The fraction of sp³-hybridized carbons (Fsp3) is 0.250. The molecule has 0 saturated carbocycles. The second-order valence-corrected chi connectivity index (χ2v) is 9.77. The van der Waals surface area contributed by atoms with Crippen molar-refractivity contribution in [1.82, 2.24) is 4.90 Å². The summed E-state index contributed by atoms with van der Waals surface area (Å²) in [7, 11) is 1.61. The zero-order valence-electron chi connectivity index (χ0n) is 23.7. The maximum atomic E-state index is 13.4. The SMILES string of the molecule is COc1ccc(N(CCN2CCC(C(=O)c3ccc(F)cc3)CC2)C(=O)c2ccc(N)cc2)cc1.O=C(O)/C=C/C(=O)O. The first-order valence-corrected chi connectivity index (χ1v) is 13.5. The second-order valence-electron chi connectivity index (χ2n) is 9.77. The maximum absolute atomic E-state index is 13.4. The summed E-state index contributed by atoms with van der Waals surface area (Å²) in [5, 5.41) is 15.6. The Morgan fingerprint density at radius 3 is 1.93 bits per heavy atom. The van der Waals surface area contributed by atoms with Gasteiger partial charge in [-0.2, -0.15) is 0 Å². The molecular formula is C32H34FN3O7. The lowest BCUT2D eigenvalue weighted by atomic mass is 9.89. The van der Waals surface area contributed by atoms with Crippen LogP contribution in [0.25, 0.3) is 0 Å². The molecule has 3 aromatic rings. The van der Waals surface area contributed by atoms with Crippen molar-refractivity contribution in [1.29, 1.82) is 0 Å². The van der Waals surface area contributed by atoms with Crippen molar-refractivity contribution in [3.63, 3.8) is 0 Å². The van der Waals surface area contributed by atoms with Crippen molar-refractivity contribution in [3.05, 3.63) is 102 Å². The van der Waals surface area contributed by atoms with Gasteiger partial charge in [0.2, 0.25) is 0 Å². The number of nitrogens with two attached hydrogens (primary N) is 1. The zero-order valence-corrected chi connectivity index (χ0v) is 23.7. The number of nitrogen functional groups attached to an aromatic ring is 1. The van der Waals surface area contributed by atoms with E-state index in [0.717, 1.165) is 37.4 Å². The van der Waals surface area contributed by atoms with E-state index in [1.807, 2.05) is 24.3 Å². The summed E-state index contributed by atoms with van der Waals surface area (Å²) in [5.74, 6) is -2.22. The third kappa shape index (κ3) is 10.1. The molecule has 0 unspecified atom stereocenters. The number of halogens is 1. The van der Waals surface area contributed by atoms with E-state index in [-0.39, 0.29) is 23.4 Å². The van der Waals surface area contributed by atoms with Gasteiger partial charge in [0.25, 0.3) is 5.91 Å². The van der Waals surface area contributed by atoms with Crippen molar-refractivity contribution >= 4 is 35.0 Å². The molecule has 0 bridgehead atoms. The Morgan fingerprint density at radius 2 is 1.42 bits per heavy atom. The molecule has 1 heterocycles. The molecule has 4 N–H and O–H groups in total. The number of hydrogen-bond donors (Lipinski definition) is 3. The Kier molecular flexibility index (Phi) is 12.0. The molecule has 4 rings (SSSR count). The van der Waals surface area contributed by atoms with Gasteiger partial charge in [-0.25, -0.2) is 14.0 Å². The Morgan fingerprint density at radius 1 is 0.884 bits per heavy atom. The summed E-state index contributed by atoms with van der Waals surface area (Å²) in [6, 6.07) is 20.1. The van der Waals surface area contributed by atoms with E-state index in [0.29, 0.717) is 42.1 Å². The fourth-order valence-corrected chi connectivity index (χ4v) is 4.54. The number of aliphatic carboxylic acids is 2. The van der Waals surface area contributed by atoms with Gasteiger partial charge in [-0.3, -0.25) is 9.59 Å². The minimum atomic E-state index is -1.26. The van der Waals surface area contributed by atoms with Crippen molar-refractivity contribution in [2.24, 2.45) is 5.92 Å². The average Bonchev–Trinajstić information content (AvgIpc) is 3.01. The number of anilines is 2. The van der Waals surface area contributed by atoms with Gasteiger partial charge in [0.05, 0.1) is 7.11 Å². The number of nitrogens with zero attached hydrogens (tertiary/aromatic N) is 2. The van der Waals surface area contributed by atoms with Crippen LogP contribution < -0.4 is 15.4 Å². The molecule has 0 atom stereocenters. The van der Waals surface area contributed by atoms with E-state index >= 15 is 0 Å². The summed E-state index contributed by atoms with van der Waals surface area (Å²) in [6.07, 6.45) is 2.60. The maximum Gasteiger partial charge on any atom is 0.328 e. The first kappa shape index (κ1) is 32.5. The number of carboxylic acids is 2. The van der Waals surface area contributed by atoms with Gasteiger partial charge in [0.15, 0.2) is 5.78 Å². The first-order chi connectivity index (χ1) is 20.6. The van der Waals surface area contributed by atoms with Crippen LogP contribution in [0.4, 0.5) is 15.8 Å². The van der Waals surface area contributed by atoms with Crippen LogP contribution in [-0.2, 0) is 9.59 Å². The number of methoxy groups -OCH3 is 1. The third-order valence-corrected chi connectivity index (χ3v) is 6.88. The number of hydrogen-bond acceptors (Lipinski definition) is 7. The van der Waals surface area contributed by atoms with E-state index in [2.05, 4.69) is 4.90 Å². The largest absolute Gasteiger partial charge is 0.497 e. The molecule has 0 radical (unpaired) electrons. The molecule has 1 fully saturated rings. The normalized spacial score (nSPS) is 13.5. The Hall–Kier alpha value is -5.03. The number of piperidine rings is 1. The minimum Gasteiger partial charge on any atom is -0.497 e. The second kappa shape index (κ2) is 15.8. The van der Waals surface area contributed by atoms with Gasteiger partial charge < -0.3 is 30.5 Å². The van der Waals surface area contributed by atoms with Crippen molar-refractivity contribution in [2.75, 3.05) is 43.9 Å². The molecule has 0 aliphatic carbocycles. The number of benzene rings is 3. The van der Waals surface area contributed by atoms with Gasteiger partial charge in [0, 0.05) is 53.7 Å². The summed E-state index contributed by atoms with van der Waals surface area (Å²) in [4.78, 5) is 49.3. The lowest BCUT2D eigenvalue weighted by Crippen LogP contribution is -2.42. The number of likely N-dealkylation sites (tertiary alicyclic amines) is 1. The number of carboxylic acid groups (broad SMARTS) is 2. The molecule has 0 aromatic heterocycles. The van der Waals surface area contributed by atoms with Crippen LogP contribution in [0, 0.1) is 11.7 Å². The lowest BCUT2D eigenvalue weighted by Gasteiger charge is -2.33. The molecule has 1 aliphatic heterocycles. The Bertz CT molecular complexity index is 1400. The number of ketones is 1. The molecule has 1 saturated heterocycles. The summed E-state index contributed by atoms with van der Waals surface area (Å²) in [6.45, 7) is 2.73. The van der Waals surface area contributed by atoms with E-state index in [1.54, 1.807) is 48.4 Å². The zero-order chi connectivity index (χ0) is 31.4. The van der Waals surface area contributed by atoms with Crippen LogP contribution in [0.5, 0.6) is 5.75 Å². The molecule has 0 spiro atoms. The highest BCUT2D eigenvalue weighted by Gasteiger charge is 2.27. The summed E-state index contributed by atoms with van der Waals surface area (Å²) < 4.78 is 18.4. The molecule has 226 valence electrons. The molecule has 1 amide bonds. The number of Topliss-reactive ketones (excluding diaryl/α,β-unsaturated/α-hetero) is 1. The highest BCUT2D eigenvalue weighted by molar-refractivity contribution is 6.06. The Balaban J connectivity index is 0.000000557. The van der Waals surface area contributed by atoms with Gasteiger partial charge in [-0.05, 0) is 98.7 Å². The van der Waals surface area contributed by atoms with Crippen LogP contribution in [0.1, 0.15) is 33.6 Å². The third-order valence-electron chi connectivity index (χ3n) is 6.88. The minimum absolute atomic E-state index is 0.0641. The first-order valence-electron chi connectivity index (χ1n) is 13.5. The smallest absolute Gasteiger partial charge is 0.328 e. The molecular weight excluding hydrogens is 557 g/mol. The van der Waals surface area contributed by atoms with Gasteiger partial charge in [-0.1, -0.05) is 0 Å². The van der Waals surface area contributed by atoms with Crippen LogP contribution in [0.15, 0.2) is 84.9 Å². The van der Waals surface area contributed by atoms with E-state index in [9.17, 15) is 23.6 Å². The van der Waals surface area contributed by atoms with Crippen LogP contribution in [-0.4, -0.2) is 72.0 Å². The fourth-order valence-electron chi connectivity index (χ4n) is 4.54. The highest BCUT2D eigenvalue weighted by atomic mass is 19.1. The van der Waals surface area contributed by atoms with Crippen molar-refractivity contribution in [2.45, 2.75) is 12.8 Å². The highest BCUT2D eigenvalue weighted by Crippen LogP contribution is 2.24.